The Labute approximate surface area is 277 Å². The van der Waals surface area contributed by atoms with Crippen LogP contribution in [0.5, 0.6) is 5.75 Å². The number of benzene rings is 4. The van der Waals surface area contributed by atoms with Gasteiger partial charge in [-0.05, 0) is 83.4 Å². The molecule has 5 aromatic rings. The van der Waals surface area contributed by atoms with E-state index >= 15 is 0 Å². The highest BCUT2D eigenvalue weighted by Gasteiger charge is 2.32. The molecule has 1 atom stereocenters. The second-order valence-corrected chi connectivity index (χ2v) is 12.5. The molecule has 0 radical (unpaired) electrons. The Morgan fingerprint density at radius 3 is 2.21 bits per heavy atom. The van der Waals surface area contributed by atoms with Crippen LogP contribution in [0.3, 0.4) is 0 Å². The first-order valence-corrected chi connectivity index (χ1v) is 16.3. The van der Waals surface area contributed by atoms with Crippen LogP contribution in [0, 0.1) is 5.82 Å². The van der Waals surface area contributed by atoms with Crippen LogP contribution in [0.1, 0.15) is 22.7 Å². The van der Waals surface area contributed by atoms with E-state index in [-0.39, 0.29) is 29.4 Å². The second-order valence-electron chi connectivity index (χ2n) is 10.4. The van der Waals surface area contributed by atoms with E-state index in [2.05, 4.69) is 15.0 Å². The van der Waals surface area contributed by atoms with Crippen molar-refractivity contribution in [2.45, 2.75) is 24.0 Å². The predicted octanol–water partition coefficient (Wildman–Crippen LogP) is 6.14. The van der Waals surface area contributed by atoms with Gasteiger partial charge in [0.15, 0.2) is 6.61 Å². The zero-order valence-electron chi connectivity index (χ0n) is 24.9. The number of aromatic nitrogens is 1. The summed E-state index contributed by atoms with van der Waals surface area (Å²) in [5.41, 5.74) is 2.34. The quantitative estimate of drug-likeness (QED) is 0.155. The molecule has 1 heterocycles. The number of carbonyl (C=O) groups excluding carboxylic acids is 2. The van der Waals surface area contributed by atoms with Crippen LogP contribution < -0.4 is 14.8 Å². The van der Waals surface area contributed by atoms with Crippen LogP contribution in [0.15, 0.2) is 133 Å². The molecule has 1 unspecified atom stereocenters. The molecule has 1 aromatic heterocycles. The molecular weight excluding hydrogens is 643 g/mol. The van der Waals surface area contributed by atoms with Crippen LogP contribution in [0.4, 0.5) is 10.1 Å². The highest BCUT2D eigenvalue weighted by Crippen LogP contribution is 2.26. The van der Waals surface area contributed by atoms with Crippen LogP contribution in [0.25, 0.3) is 0 Å². The van der Waals surface area contributed by atoms with Gasteiger partial charge in [0, 0.05) is 36.2 Å². The monoisotopic (exact) mass is 672 g/mol. The van der Waals surface area contributed by atoms with Gasteiger partial charge in [-0.2, -0.15) is 0 Å². The number of hydrogen-bond donors (Lipinski definition) is 2. The van der Waals surface area contributed by atoms with Crippen LogP contribution in [-0.2, 0) is 32.7 Å². The molecule has 0 aliphatic heterocycles. The molecule has 0 saturated carbocycles. The number of nitrogens with one attached hydrogen (secondary N) is 2. The maximum atomic E-state index is 13.9. The van der Waals surface area contributed by atoms with Crippen molar-refractivity contribution < 1.29 is 27.1 Å². The molecule has 240 valence electrons. The number of halogens is 2. The molecule has 0 aliphatic rings. The van der Waals surface area contributed by atoms with Gasteiger partial charge in [-0.25, -0.2) is 12.8 Å². The number of ether oxygens (including phenoxy) is 1. The van der Waals surface area contributed by atoms with Gasteiger partial charge in [-0.3, -0.25) is 19.3 Å². The lowest BCUT2D eigenvalue weighted by Gasteiger charge is -2.31. The maximum absolute atomic E-state index is 13.9. The topological polar surface area (TPSA) is 118 Å². The van der Waals surface area contributed by atoms with E-state index in [1.54, 1.807) is 67.0 Å². The normalized spacial score (nSPS) is 11.7. The molecule has 0 saturated heterocycles. The molecule has 2 N–H and O–H groups in total. The van der Waals surface area contributed by atoms with Crippen molar-refractivity contribution in [2.24, 2.45) is 0 Å². The van der Waals surface area contributed by atoms with Crippen LogP contribution >= 0.6 is 11.6 Å². The van der Waals surface area contributed by atoms with Crippen LogP contribution in [-0.4, -0.2) is 36.7 Å². The fraction of sp³-hybridized carbons (Fsp3) is 0.114. The van der Waals surface area contributed by atoms with E-state index < -0.39 is 40.3 Å². The average molecular weight is 673 g/mol. The van der Waals surface area contributed by atoms with Gasteiger partial charge in [-0.1, -0.05) is 60.1 Å². The van der Waals surface area contributed by atoms with Gasteiger partial charge >= 0.3 is 0 Å². The summed E-state index contributed by atoms with van der Waals surface area (Å²) >= 11 is 6.10. The van der Waals surface area contributed by atoms with Crippen molar-refractivity contribution in [3.8, 4) is 5.75 Å². The largest absolute Gasteiger partial charge is 0.484 e. The van der Waals surface area contributed by atoms with Crippen LogP contribution in [0.2, 0.25) is 5.02 Å². The molecule has 2 amide bonds. The molecule has 0 bridgehead atoms. The average Bonchev–Trinajstić information content (AvgIpc) is 3.09. The Morgan fingerprint density at radius 1 is 0.851 bits per heavy atom. The fourth-order valence-electron chi connectivity index (χ4n) is 4.68. The first kappa shape index (κ1) is 33.1. The fourth-order valence-corrected chi connectivity index (χ4v) is 5.87. The molecule has 5 rings (SSSR count). The molecule has 0 fully saturated rings. The molecule has 12 heteroatoms. The summed E-state index contributed by atoms with van der Waals surface area (Å²) in [6.45, 7) is -0.154. The number of rotatable bonds is 13. The number of amides is 2. The molecule has 0 aliphatic carbocycles. The van der Waals surface area contributed by atoms with E-state index in [0.29, 0.717) is 10.6 Å². The lowest BCUT2D eigenvalue weighted by atomic mass is 10.0. The van der Waals surface area contributed by atoms with E-state index in [9.17, 15) is 22.4 Å². The number of hydrogen-bond acceptors (Lipinski definition) is 6. The number of nitrogens with zero attached hydrogens (tertiary/aromatic N) is 2. The Balaban J connectivity index is 1.35. The zero-order chi connectivity index (χ0) is 33.2. The first-order chi connectivity index (χ1) is 22.7. The molecular formula is C35H30ClFN4O5S. The summed E-state index contributed by atoms with van der Waals surface area (Å²) in [5.74, 6) is -1.13. The number of sulfonamides is 1. The smallest absolute Gasteiger partial charge is 0.261 e. The molecule has 0 spiro atoms. The third-order valence-electron chi connectivity index (χ3n) is 7.04. The number of carbonyl (C=O) groups is 2. The predicted molar refractivity (Wildman–Crippen MR) is 176 cm³/mol. The highest BCUT2D eigenvalue weighted by molar-refractivity contribution is 7.92. The summed E-state index contributed by atoms with van der Waals surface area (Å²) in [6, 6.07) is 28.9. The second kappa shape index (κ2) is 15.4. The number of anilines is 1. The molecule has 4 aromatic carbocycles. The molecule has 47 heavy (non-hydrogen) atoms. The van der Waals surface area contributed by atoms with E-state index in [0.717, 1.165) is 23.3 Å². The summed E-state index contributed by atoms with van der Waals surface area (Å²) < 4.78 is 47.0. The SMILES string of the molecule is O=C(NCc1cccnc1)C(c1ccccc1)N(Cc1ccc(Cl)cc1)C(=O)COc1ccc(S(=O)(=O)Nc2ccc(F)cc2)cc1. The number of pyridine rings is 1. The Bertz CT molecular complexity index is 1900. The minimum Gasteiger partial charge on any atom is -0.484 e. The van der Waals surface area contributed by atoms with E-state index in [1.165, 1.54) is 41.3 Å². The van der Waals surface area contributed by atoms with E-state index in [1.807, 2.05) is 12.1 Å². The van der Waals surface area contributed by atoms with Gasteiger partial charge in [0.1, 0.15) is 17.6 Å². The lowest BCUT2D eigenvalue weighted by Crippen LogP contribution is -2.45. The summed E-state index contributed by atoms with van der Waals surface area (Å²) in [4.78, 5) is 33.1. The van der Waals surface area contributed by atoms with Gasteiger partial charge in [0.25, 0.3) is 15.9 Å². The lowest BCUT2D eigenvalue weighted by molar-refractivity contribution is -0.143. The van der Waals surface area contributed by atoms with E-state index in [4.69, 9.17) is 16.3 Å². The van der Waals surface area contributed by atoms with Gasteiger partial charge < -0.3 is 15.0 Å². The zero-order valence-corrected chi connectivity index (χ0v) is 26.5. The first-order valence-electron chi connectivity index (χ1n) is 14.4. The molecule has 9 nitrogen and oxygen atoms in total. The van der Waals surface area contributed by atoms with Crippen molar-refractivity contribution >= 4 is 39.1 Å². The van der Waals surface area contributed by atoms with Crippen molar-refractivity contribution in [3.05, 3.63) is 155 Å². The van der Waals surface area contributed by atoms with Gasteiger partial charge in [0.2, 0.25) is 5.91 Å². The Morgan fingerprint density at radius 2 is 1.55 bits per heavy atom. The van der Waals surface area contributed by atoms with Gasteiger partial charge in [0.05, 0.1) is 4.90 Å². The minimum atomic E-state index is -3.96. The minimum absolute atomic E-state index is 0.0562. The Kier molecular flexibility index (Phi) is 10.8. The summed E-state index contributed by atoms with van der Waals surface area (Å²) in [5, 5.41) is 3.46. The standard InChI is InChI=1S/C35H30ClFN4O5S/c36-28-10-8-25(9-11-28)23-41(34(27-6-2-1-3-7-27)35(43)39-22-26-5-4-20-38-21-26)33(42)24-46-31-16-18-32(19-17-31)47(44,45)40-30-14-12-29(37)13-15-30/h1-21,34,40H,22-24H2,(H,39,43). The van der Waals surface area contributed by atoms with Crippen molar-refractivity contribution in [2.75, 3.05) is 11.3 Å². The highest BCUT2D eigenvalue weighted by atomic mass is 35.5. The Hall–Kier alpha value is -5.26. The van der Waals surface area contributed by atoms with Gasteiger partial charge in [-0.15, -0.1) is 0 Å². The van der Waals surface area contributed by atoms with Crippen molar-refractivity contribution in [3.63, 3.8) is 0 Å². The van der Waals surface area contributed by atoms with Crippen molar-refractivity contribution in [1.29, 1.82) is 0 Å². The third kappa shape index (κ3) is 9.15. The maximum Gasteiger partial charge on any atom is 0.261 e. The van der Waals surface area contributed by atoms with Crippen molar-refractivity contribution in [1.82, 2.24) is 15.2 Å². The summed E-state index contributed by atoms with van der Waals surface area (Å²) in [6.07, 6.45) is 3.29. The summed E-state index contributed by atoms with van der Waals surface area (Å²) in [7, 11) is -3.96. The third-order valence-corrected chi connectivity index (χ3v) is 8.69.